The van der Waals surface area contributed by atoms with Gasteiger partial charge in [0, 0.05) is 6.42 Å². The van der Waals surface area contributed by atoms with Crippen LogP contribution < -0.4 is 4.74 Å². The highest BCUT2D eigenvalue weighted by molar-refractivity contribution is 5.39. The van der Waals surface area contributed by atoms with Crippen molar-refractivity contribution in [1.29, 1.82) is 0 Å². The summed E-state index contributed by atoms with van der Waals surface area (Å²) in [6.45, 7) is 0.693. The summed E-state index contributed by atoms with van der Waals surface area (Å²) in [5, 5.41) is 9.01. The van der Waals surface area contributed by atoms with Gasteiger partial charge in [-0.2, -0.15) is 0 Å². The summed E-state index contributed by atoms with van der Waals surface area (Å²) in [6.07, 6.45) is -2.74. The zero-order valence-corrected chi connectivity index (χ0v) is 8.83. The standard InChI is InChI=1S/C12H14F2O2/c13-12(14)10(15)3-1-8-2-4-11-9(7-8)5-6-16-11/h2,4,7,10,12,15H,1,3,5-6H2. The number of alkyl halides is 2. The van der Waals surface area contributed by atoms with Gasteiger partial charge in [0.1, 0.15) is 11.9 Å². The fourth-order valence-corrected chi connectivity index (χ4v) is 1.84. The third-order valence-corrected chi connectivity index (χ3v) is 2.77. The average Bonchev–Trinajstić information content (AvgIpc) is 2.72. The van der Waals surface area contributed by atoms with Crippen molar-refractivity contribution in [1.82, 2.24) is 0 Å². The summed E-state index contributed by atoms with van der Waals surface area (Å²) in [6, 6.07) is 5.70. The molecule has 1 aromatic carbocycles. The number of aliphatic hydroxyl groups excluding tert-OH is 1. The molecule has 0 aromatic heterocycles. The van der Waals surface area contributed by atoms with Gasteiger partial charge in [-0.3, -0.25) is 0 Å². The van der Waals surface area contributed by atoms with Crippen molar-refractivity contribution in [3.05, 3.63) is 29.3 Å². The van der Waals surface area contributed by atoms with Crippen molar-refractivity contribution in [2.45, 2.75) is 31.8 Å². The van der Waals surface area contributed by atoms with E-state index in [0.29, 0.717) is 13.0 Å². The van der Waals surface area contributed by atoms with E-state index in [0.717, 1.165) is 23.3 Å². The molecule has 0 amide bonds. The molecular weight excluding hydrogens is 214 g/mol. The molecule has 1 aliphatic heterocycles. The first-order chi connectivity index (χ1) is 7.66. The van der Waals surface area contributed by atoms with E-state index < -0.39 is 12.5 Å². The van der Waals surface area contributed by atoms with Gasteiger partial charge in [0.25, 0.3) is 6.43 Å². The van der Waals surface area contributed by atoms with Crippen molar-refractivity contribution in [3.8, 4) is 5.75 Å². The largest absolute Gasteiger partial charge is 0.493 e. The molecule has 0 radical (unpaired) electrons. The quantitative estimate of drug-likeness (QED) is 0.855. The summed E-state index contributed by atoms with van der Waals surface area (Å²) < 4.78 is 29.5. The van der Waals surface area contributed by atoms with E-state index in [4.69, 9.17) is 9.84 Å². The number of fused-ring (bicyclic) bond motifs is 1. The zero-order valence-electron chi connectivity index (χ0n) is 8.83. The van der Waals surface area contributed by atoms with E-state index in [1.807, 2.05) is 18.2 Å². The smallest absolute Gasteiger partial charge is 0.264 e. The molecule has 1 unspecified atom stereocenters. The molecule has 0 saturated heterocycles. The second-order valence-corrected chi connectivity index (χ2v) is 3.98. The minimum absolute atomic E-state index is 0.0946. The number of aryl methyl sites for hydroxylation is 1. The molecular formula is C12H14F2O2. The normalized spacial score (nSPS) is 16.0. The molecule has 1 aromatic rings. The van der Waals surface area contributed by atoms with E-state index in [9.17, 15) is 8.78 Å². The Hall–Kier alpha value is -1.16. The van der Waals surface area contributed by atoms with Crippen LogP contribution >= 0.6 is 0 Å². The molecule has 0 fully saturated rings. The second-order valence-electron chi connectivity index (χ2n) is 3.98. The first kappa shape index (κ1) is 11.3. The van der Waals surface area contributed by atoms with E-state index in [1.54, 1.807) is 0 Å². The molecule has 2 nitrogen and oxygen atoms in total. The molecule has 16 heavy (non-hydrogen) atoms. The summed E-state index contributed by atoms with van der Waals surface area (Å²) in [5.41, 5.74) is 2.10. The van der Waals surface area contributed by atoms with Gasteiger partial charge >= 0.3 is 0 Å². The number of rotatable bonds is 4. The van der Waals surface area contributed by atoms with Gasteiger partial charge in [0.2, 0.25) is 0 Å². The van der Waals surface area contributed by atoms with Gasteiger partial charge < -0.3 is 9.84 Å². The third kappa shape index (κ3) is 2.50. The number of ether oxygens (including phenoxy) is 1. The van der Waals surface area contributed by atoms with E-state index >= 15 is 0 Å². The fraction of sp³-hybridized carbons (Fsp3) is 0.500. The Labute approximate surface area is 92.9 Å². The van der Waals surface area contributed by atoms with Gasteiger partial charge in [-0.1, -0.05) is 12.1 Å². The highest BCUT2D eigenvalue weighted by atomic mass is 19.3. The molecule has 2 rings (SSSR count). The first-order valence-corrected chi connectivity index (χ1v) is 5.37. The number of benzene rings is 1. The maximum Gasteiger partial charge on any atom is 0.264 e. The highest BCUT2D eigenvalue weighted by Crippen LogP contribution is 2.26. The van der Waals surface area contributed by atoms with E-state index in [2.05, 4.69) is 0 Å². The molecule has 0 aliphatic carbocycles. The number of aliphatic hydroxyl groups is 1. The summed E-state index contributed by atoms with van der Waals surface area (Å²) in [5.74, 6) is 0.887. The van der Waals surface area contributed by atoms with Crippen LogP contribution in [0.1, 0.15) is 17.5 Å². The Morgan fingerprint density at radius 3 is 2.94 bits per heavy atom. The Morgan fingerprint density at radius 1 is 1.38 bits per heavy atom. The average molecular weight is 228 g/mol. The van der Waals surface area contributed by atoms with Gasteiger partial charge in [-0.05, 0) is 30.0 Å². The number of halogens is 2. The molecule has 0 saturated carbocycles. The Kier molecular flexibility index (Phi) is 3.39. The van der Waals surface area contributed by atoms with Crippen molar-refractivity contribution >= 4 is 0 Å². The molecule has 1 heterocycles. The maximum absolute atomic E-state index is 12.1. The monoisotopic (exact) mass is 228 g/mol. The Morgan fingerprint density at radius 2 is 2.19 bits per heavy atom. The zero-order chi connectivity index (χ0) is 11.5. The summed E-state index contributed by atoms with van der Waals surface area (Å²) in [4.78, 5) is 0. The lowest BCUT2D eigenvalue weighted by Crippen LogP contribution is -2.17. The number of hydrogen-bond acceptors (Lipinski definition) is 2. The lowest BCUT2D eigenvalue weighted by molar-refractivity contribution is -0.00849. The fourth-order valence-electron chi connectivity index (χ4n) is 1.84. The predicted octanol–water partition coefficient (Wildman–Crippen LogP) is 2.18. The van der Waals surface area contributed by atoms with Crippen LogP contribution in [-0.4, -0.2) is 24.2 Å². The maximum atomic E-state index is 12.1. The van der Waals surface area contributed by atoms with Gasteiger partial charge in [-0.15, -0.1) is 0 Å². The molecule has 1 atom stereocenters. The minimum atomic E-state index is -2.65. The van der Waals surface area contributed by atoms with Crippen LogP contribution in [0.2, 0.25) is 0 Å². The van der Waals surface area contributed by atoms with Gasteiger partial charge in [0.15, 0.2) is 0 Å². The lowest BCUT2D eigenvalue weighted by atomic mass is 10.0. The Balaban J connectivity index is 1.95. The molecule has 0 spiro atoms. The van der Waals surface area contributed by atoms with Crippen molar-refractivity contribution in [2.75, 3.05) is 6.61 Å². The van der Waals surface area contributed by atoms with E-state index in [-0.39, 0.29) is 6.42 Å². The Bertz CT molecular complexity index is 366. The van der Waals surface area contributed by atoms with Gasteiger partial charge in [-0.25, -0.2) is 8.78 Å². The van der Waals surface area contributed by atoms with Gasteiger partial charge in [0.05, 0.1) is 6.61 Å². The minimum Gasteiger partial charge on any atom is -0.493 e. The van der Waals surface area contributed by atoms with Crippen LogP contribution in [0, 0.1) is 0 Å². The predicted molar refractivity (Wildman–Crippen MR) is 56.0 cm³/mol. The first-order valence-electron chi connectivity index (χ1n) is 5.37. The number of hydrogen-bond donors (Lipinski definition) is 1. The van der Waals surface area contributed by atoms with Crippen molar-refractivity contribution < 1.29 is 18.6 Å². The van der Waals surface area contributed by atoms with Crippen molar-refractivity contribution in [3.63, 3.8) is 0 Å². The van der Waals surface area contributed by atoms with Crippen LogP contribution in [0.15, 0.2) is 18.2 Å². The molecule has 88 valence electrons. The molecule has 4 heteroatoms. The topological polar surface area (TPSA) is 29.5 Å². The SMILES string of the molecule is OC(CCc1ccc2c(c1)CCO2)C(F)F. The van der Waals surface area contributed by atoms with Crippen LogP contribution in [-0.2, 0) is 12.8 Å². The van der Waals surface area contributed by atoms with Crippen molar-refractivity contribution in [2.24, 2.45) is 0 Å². The summed E-state index contributed by atoms with van der Waals surface area (Å²) in [7, 11) is 0. The summed E-state index contributed by atoms with van der Waals surface area (Å²) >= 11 is 0. The second kappa shape index (κ2) is 4.78. The molecule has 1 aliphatic rings. The van der Waals surface area contributed by atoms with Crippen LogP contribution in [0.3, 0.4) is 0 Å². The van der Waals surface area contributed by atoms with Crippen LogP contribution in [0.4, 0.5) is 8.78 Å². The van der Waals surface area contributed by atoms with E-state index in [1.165, 1.54) is 0 Å². The molecule has 0 bridgehead atoms. The van der Waals surface area contributed by atoms with Crippen LogP contribution in [0.5, 0.6) is 5.75 Å². The van der Waals surface area contributed by atoms with Crippen LogP contribution in [0.25, 0.3) is 0 Å². The molecule has 1 N–H and O–H groups in total. The third-order valence-electron chi connectivity index (χ3n) is 2.77. The lowest BCUT2D eigenvalue weighted by Gasteiger charge is -2.09. The highest BCUT2D eigenvalue weighted by Gasteiger charge is 2.17.